The number of phenolic OH excluding ortho intramolecular Hbond substituents is 1. The van der Waals surface area contributed by atoms with E-state index in [2.05, 4.69) is 15.2 Å². The molecule has 3 aromatic rings. The Bertz CT molecular complexity index is 892. The quantitative estimate of drug-likeness (QED) is 0.655. The first-order chi connectivity index (χ1) is 13.3. The Morgan fingerprint density at radius 2 is 1.78 bits per heavy atom. The van der Waals surface area contributed by atoms with Crippen LogP contribution in [-0.2, 0) is 4.74 Å². The number of hydrogen-bond acceptors (Lipinski definition) is 6. The molecule has 0 amide bonds. The van der Waals surface area contributed by atoms with Crippen LogP contribution in [0, 0.1) is 0 Å². The minimum Gasteiger partial charge on any atom is -0.508 e. The molecule has 2 N–H and O–H groups in total. The van der Waals surface area contributed by atoms with E-state index in [-0.39, 0.29) is 5.75 Å². The van der Waals surface area contributed by atoms with E-state index in [9.17, 15) is 5.11 Å². The topological polar surface area (TPSA) is 70.5 Å². The van der Waals surface area contributed by atoms with Crippen molar-refractivity contribution in [3.05, 3.63) is 48.5 Å². The molecule has 1 fully saturated rings. The lowest BCUT2D eigenvalue weighted by Crippen LogP contribution is -2.37. The molecule has 2 heterocycles. The zero-order valence-corrected chi connectivity index (χ0v) is 15.3. The number of nitrogens with one attached hydrogen (secondary N) is 1. The lowest BCUT2D eigenvalue weighted by Gasteiger charge is -2.26. The fourth-order valence-corrected chi connectivity index (χ4v) is 3.29. The van der Waals surface area contributed by atoms with E-state index in [4.69, 9.17) is 9.72 Å². The molecule has 1 aliphatic rings. The minimum absolute atomic E-state index is 0.237. The Kier molecular flexibility index (Phi) is 5.46. The van der Waals surface area contributed by atoms with Crippen LogP contribution in [0.2, 0.25) is 0 Å². The molecule has 2 aromatic carbocycles. The first-order valence-electron chi connectivity index (χ1n) is 9.40. The molecule has 0 atom stereocenters. The van der Waals surface area contributed by atoms with Gasteiger partial charge in [0.1, 0.15) is 11.6 Å². The Hall–Kier alpha value is -2.70. The van der Waals surface area contributed by atoms with Crippen LogP contribution in [-0.4, -0.2) is 59.4 Å². The minimum atomic E-state index is 0.237. The maximum atomic E-state index is 9.52. The second-order valence-corrected chi connectivity index (χ2v) is 6.69. The molecule has 0 spiro atoms. The predicted octanol–water partition coefficient (Wildman–Crippen LogP) is 3.14. The van der Waals surface area contributed by atoms with Crippen molar-refractivity contribution in [2.75, 3.05) is 44.7 Å². The third-order valence-electron chi connectivity index (χ3n) is 4.78. The summed E-state index contributed by atoms with van der Waals surface area (Å²) in [6.45, 7) is 5.61. The number of ether oxygens (including phenoxy) is 1. The molecule has 6 nitrogen and oxygen atoms in total. The zero-order chi connectivity index (χ0) is 18.5. The highest BCUT2D eigenvalue weighted by Gasteiger charge is 2.11. The largest absolute Gasteiger partial charge is 0.508 e. The summed E-state index contributed by atoms with van der Waals surface area (Å²) in [4.78, 5) is 11.9. The number of benzene rings is 2. The van der Waals surface area contributed by atoms with Gasteiger partial charge in [-0.2, -0.15) is 0 Å². The first kappa shape index (κ1) is 17.7. The number of morpholine rings is 1. The number of anilines is 1. The molecule has 0 bridgehead atoms. The number of rotatable bonds is 6. The molecular weight excluding hydrogens is 340 g/mol. The van der Waals surface area contributed by atoms with E-state index in [0.717, 1.165) is 68.1 Å². The van der Waals surface area contributed by atoms with Crippen LogP contribution in [0.3, 0.4) is 0 Å². The summed E-state index contributed by atoms with van der Waals surface area (Å²) in [5.41, 5.74) is 1.79. The van der Waals surface area contributed by atoms with Crippen molar-refractivity contribution in [2.45, 2.75) is 6.42 Å². The third-order valence-corrected chi connectivity index (χ3v) is 4.78. The number of hydrogen-bond donors (Lipinski definition) is 2. The van der Waals surface area contributed by atoms with Gasteiger partial charge in [-0.3, -0.25) is 4.90 Å². The highest BCUT2D eigenvalue weighted by atomic mass is 16.5. The zero-order valence-electron chi connectivity index (χ0n) is 15.3. The molecule has 0 unspecified atom stereocenters. The van der Waals surface area contributed by atoms with Gasteiger partial charge in [-0.15, -0.1) is 0 Å². The van der Waals surface area contributed by atoms with Gasteiger partial charge >= 0.3 is 0 Å². The van der Waals surface area contributed by atoms with E-state index in [1.165, 1.54) is 0 Å². The maximum Gasteiger partial charge on any atom is 0.162 e. The smallest absolute Gasteiger partial charge is 0.162 e. The molecule has 4 rings (SSSR count). The number of para-hydroxylation sites is 1. The summed E-state index contributed by atoms with van der Waals surface area (Å²) < 4.78 is 5.40. The van der Waals surface area contributed by atoms with Gasteiger partial charge in [0.2, 0.25) is 0 Å². The van der Waals surface area contributed by atoms with Gasteiger partial charge in [0, 0.05) is 30.6 Å². The maximum absolute atomic E-state index is 9.52. The average molecular weight is 364 g/mol. The summed E-state index contributed by atoms with van der Waals surface area (Å²) in [6.07, 6.45) is 1.05. The van der Waals surface area contributed by atoms with Crippen LogP contribution in [0.4, 0.5) is 5.82 Å². The second-order valence-electron chi connectivity index (χ2n) is 6.69. The molecule has 0 saturated carbocycles. The van der Waals surface area contributed by atoms with Gasteiger partial charge in [0.05, 0.1) is 18.7 Å². The van der Waals surface area contributed by atoms with Crippen molar-refractivity contribution in [3.8, 4) is 17.1 Å². The van der Waals surface area contributed by atoms with Gasteiger partial charge < -0.3 is 15.2 Å². The number of aromatic nitrogens is 2. The summed E-state index contributed by atoms with van der Waals surface area (Å²) in [5, 5.41) is 14.0. The molecule has 1 aromatic heterocycles. The average Bonchev–Trinajstić information content (AvgIpc) is 2.72. The van der Waals surface area contributed by atoms with Gasteiger partial charge in [-0.1, -0.05) is 12.1 Å². The Morgan fingerprint density at radius 1 is 1.00 bits per heavy atom. The molecule has 6 heteroatoms. The monoisotopic (exact) mass is 364 g/mol. The van der Waals surface area contributed by atoms with E-state index in [0.29, 0.717) is 5.82 Å². The Balaban J connectivity index is 1.50. The fraction of sp³-hybridized carbons (Fsp3) is 0.333. The van der Waals surface area contributed by atoms with Crippen LogP contribution in [0.5, 0.6) is 5.75 Å². The summed E-state index contributed by atoms with van der Waals surface area (Å²) in [5.74, 6) is 1.75. The van der Waals surface area contributed by atoms with Crippen molar-refractivity contribution in [3.63, 3.8) is 0 Å². The molecule has 140 valence electrons. The number of fused-ring (bicyclic) bond motifs is 1. The highest BCUT2D eigenvalue weighted by molar-refractivity contribution is 5.90. The number of aromatic hydroxyl groups is 1. The van der Waals surface area contributed by atoms with E-state index in [1.54, 1.807) is 12.1 Å². The predicted molar refractivity (Wildman–Crippen MR) is 107 cm³/mol. The molecular formula is C21H24N4O2. The van der Waals surface area contributed by atoms with Crippen molar-refractivity contribution < 1.29 is 9.84 Å². The van der Waals surface area contributed by atoms with E-state index in [1.807, 2.05) is 36.4 Å². The number of phenols is 1. The first-order valence-corrected chi connectivity index (χ1v) is 9.40. The standard InChI is InChI=1S/C21H24N4O2/c26-17-8-6-16(7-9-17)20-23-19-5-2-1-4-18(19)21(24-20)22-10-3-11-25-12-14-27-15-13-25/h1-2,4-9,26H,3,10-15H2,(H,22,23,24). The fourth-order valence-electron chi connectivity index (χ4n) is 3.29. The summed E-state index contributed by atoms with van der Waals surface area (Å²) >= 11 is 0. The molecule has 1 aliphatic heterocycles. The Morgan fingerprint density at radius 3 is 2.59 bits per heavy atom. The van der Waals surface area contributed by atoms with Crippen LogP contribution in [0.15, 0.2) is 48.5 Å². The summed E-state index contributed by atoms with van der Waals surface area (Å²) in [6, 6.07) is 15.0. The van der Waals surface area contributed by atoms with Gasteiger partial charge in [0.15, 0.2) is 5.82 Å². The van der Waals surface area contributed by atoms with Gasteiger partial charge in [-0.05, 0) is 49.4 Å². The van der Waals surface area contributed by atoms with Crippen molar-refractivity contribution in [1.82, 2.24) is 14.9 Å². The molecule has 27 heavy (non-hydrogen) atoms. The third kappa shape index (κ3) is 4.35. The van der Waals surface area contributed by atoms with Crippen molar-refractivity contribution in [1.29, 1.82) is 0 Å². The summed E-state index contributed by atoms with van der Waals surface area (Å²) in [7, 11) is 0. The molecule has 0 radical (unpaired) electrons. The molecule has 0 aliphatic carbocycles. The van der Waals surface area contributed by atoms with E-state index < -0.39 is 0 Å². The van der Waals surface area contributed by atoms with Crippen molar-refractivity contribution in [2.24, 2.45) is 0 Å². The van der Waals surface area contributed by atoms with Gasteiger partial charge in [0.25, 0.3) is 0 Å². The van der Waals surface area contributed by atoms with Crippen molar-refractivity contribution >= 4 is 16.7 Å². The lowest BCUT2D eigenvalue weighted by atomic mass is 10.1. The van der Waals surface area contributed by atoms with Crippen LogP contribution < -0.4 is 5.32 Å². The van der Waals surface area contributed by atoms with Crippen LogP contribution in [0.25, 0.3) is 22.3 Å². The normalized spacial score (nSPS) is 15.1. The molecule has 1 saturated heterocycles. The SMILES string of the molecule is Oc1ccc(-c2nc(NCCCN3CCOCC3)c3ccccc3n2)cc1. The highest BCUT2D eigenvalue weighted by Crippen LogP contribution is 2.25. The lowest BCUT2D eigenvalue weighted by molar-refractivity contribution is 0.0378. The number of nitrogens with zero attached hydrogens (tertiary/aromatic N) is 3. The van der Waals surface area contributed by atoms with E-state index >= 15 is 0 Å². The Labute approximate surface area is 158 Å². The second kappa shape index (κ2) is 8.33. The van der Waals surface area contributed by atoms with Crippen LogP contribution >= 0.6 is 0 Å². The van der Waals surface area contributed by atoms with Gasteiger partial charge in [-0.25, -0.2) is 9.97 Å². The van der Waals surface area contributed by atoms with Crippen LogP contribution in [0.1, 0.15) is 6.42 Å².